The highest BCUT2D eigenvalue weighted by Gasteiger charge is 2.27. The molecule has 3 N–H and O–H groups in total. The first kappa shape index (κ1) is 33.8. The number of nitrogens with zero attached hydrogens (tertiary/aromatic N) is 2. The Morgan fingerprint density at radius 3 is 2.00 bits per heavy atom. The van der Waals surface area contributed by atoms with Crippen molar-refractivity contribution >= 4 is 51.6 Å². The first-order chi connectivity index (χ1) is 20.9. The van der Waals surface area contributed by atoms with Gasteiger partial charge in [-0.3, -0.25) is 19.3 Å². The molecule has 0 atom stereocenters. The van der Waals surface area contributed by atoms with Gasteiger partial charge < -0.3 is 20.4 Å². The Bertz CT molecular complexity index is 1480. The summed E-state index contributed by atoms with van der Waals surface area (Å²) < 4.78 is 13.2. The summed E-state index contributed by atoms with van der Waals surface area (Å²) in [5, 5.41) is 21.3. The summed E-state index contributed by atoms with van der Waals surface area (Å²) in [4.78, 5) is 60.8. The van der Waals surface area contributed by atoms with Gasteiger partial charge in [-0.2, -0.15) is 0 Å². The number of anilines is 2. The van der Waals surface area contributed by atoms with Crippen LogP contribution in [0.3, 0.4) is 0 Å². The third-order valence-electron chi connectivity index (χ3n) is 6.87. The summed E-state index contributed by atoms with van der Waals surface area (Å²) in [6, 6.07) is 14.7. The maximum atomic E-state index is 13.5. The highest BCUT2D eigenvalue weighted by molar-refractivity contribution is 7.14. The quantitative estimate of drug-likeness (QED) is 0.209. The number of aryl methyl sites for hydroxylation is 1. The number of hydrogen-bond acceptors (Lipinski definition) is 7. The number of carboxylic acid groups (broad SMARTS) is 2. The smallest absolute Gasteiger partial charge is 0.328 e. The Hall–Kier alpha value is -4.68. The van der Waals surface area contributed by atoms with Gasteiger partial charge in [0, 0.05) is 54.9 Å². The van der Waals surface area contributed by atoms with Crippen molar-refractivity contribution in [1.29, 1.82) is 0 Å². The van der Waals surface area contributed by atoms with Gasteiger partial charge in [-0.15, -0.1) is 11.3 Å². The number of Topliss-reactive ketones (excluding diaryl/α,β-unsaturated/α-hetero) is 1. The number of benzene rings is 2. The average molecular weight is 624 g/mol. The van der Waals surface area contributed by atoms with Crippen molar-refractivity contribution in [2.45, 2.75) is 26.7 Å². The number of aliphatic carboxylic acids is 2. The van der Waals surface area contributed by atoms with Crippen molar-refractivity contribution in [3.05, 3.63) is 94.6 Å². The van der Waals surface area contributed by atoms with Gasteiger partial charge in [-0.1, -0.05) is 0 Å². The zero-order valence-electron chi connectivity index (χ0n) is 24.4. The molecular formula is C32H34FN3O7S. The fourth-order valence-electron chi connectivity index (χ4n) is 4.64. The van der Waals surface area contributed by atoms with E-state index in [-0.39, 0.29) is 29.3 Å². The lowest BCUT2D eigenvalue weighted by atomic mass is 9.89. The van der Waals surface area contributed by atoms with Gasteiger partial charge >= 0.3 is 11.9 Å². The van der Waals surface area contributed by atoms with Crippen LogP contribution in [0.25, 0.3) is 0 Å². The highest BCUT2D eigenvalue weighted by atomic mass is 32.1. The van der Waals surface area contributed by atoms with E-state index in [9.17, 15) is 28.4 Å². The van der Waals surface area contributed by atoms with Gasteiger partial charge in [-0.25, -0.2) is 14.0 Å². The molecule has 1 aromatic heterocycles. The molecule has 0 spiro atoms. The van der Waals surface area contributed by atoms with Crippen LogP contribution < -0.4 is 10.2 Å². The lowest BCUT2D eigenvalue weighted by molar-refractivity contribution is -0.134. The van der Waals surface area contributed by atoms with E-state index in [2.05, 4.69) is 10.2 Å². The van der Waals surface area contributed by atoms with Crippen molar-refractivity contribution in [2.24, 2.45) is 5.92 Å². The Morgan fingerprint density at radius 1 is 0.932 bits per heavy atom. The number of piperidine rings is 1. The number of likely N-dealkylation sites (tertiary alicyclic amines) is 1. The number of halogens is 1. The third-order valence-corrected chi connectivity index (χ3v) is 7.91. The molecule has 0 bridgehead atoms. The van der Waals surface area contributed by atoms with E-state index in [1.807, 2.05) is 23.3 Å². The van der Waals surface area contributed by atoms with Gasteiger partial charge in [0.25, 0.3) is 5.91 Å². The van der Waals surface area contributed by atoms with Crippen LogP contribution in [0.15, 0.2) is 72.1 Å². The van der Waals surface area contributed by atoms with E-state index in [0.717, 1.165) is 36.5 Å². The summed E-state index contributed by atoms with van der Waals surface area (Å²) in [6.07, 6.45) is 2.60. The fraction of sp³-hybridized carbons (Fsp3) is 0.281. The molecule has 2 amide bonds. The number of carbonyl (C=O) groups is 5. The average Bonchev–Trinajstić information content (AvgIpc) is 3.42. The van der Waals surface area contributed by atoms with Crippen LogP contribution in [0.2, 0.25) is 0 Å². The van der Waals surface area contributed by atoms with E-state index in [0.29, 0.717) is 42.1 Å². The predicted octanol–water partition coefficient (Wildman–Crippen LogP) is 5.11. The van der Waals surface area contributed by atoms with Crippen molar-refractivity contribution in [3.63, 3.8) is 0 Å². The largest absolute Gasteiger partial charge is 0.478 e. The molecule has 232 valence electrons. The van der Waals surface area contributed by atoms with Crippen LogP contribution in [0.1, 0.15) is 46.0 Å². The predicted molar refractivity (Wildman–Crippen MR) is 166 cm³/mol. The van der Waals surface area contributed by atoms with E-state index < -0.39 is 11.9 Å². The van der Waals surface area contributed by atoms with Crippen LogP contribution in [0, 0.1) is 18.7 Å². The molecule has 2 aromatic carbocycles. The van der Waals surface area contributed by atoms with E-state index in [1.54, 1.807) is 36.4 Å². The van der Waals surface area contributed by atoms with E-state index >= 15 is 0 Å². The summed E-state index contributed by atoms with van der Waals surface area (Å²) in [7, 11) is 0. The Morgan fingerprint density at radius 2 is 1.50 bits per heavy atom. The number of rotatable bonds is 10. The highest BCUT2D eigenvalue weighted by Crippen LogP contribution is 2.29. The lowest BCUT2D eigenvalue weighted by Crippen LogP contribution is -2.42. The summed E-state index contributed by atoms with van der Waals surface area (Å²) in [6.45, 7) is 6.22. The zero-order chi connectivity index (χ0) is 32.2. The van der Waals surface area contributed by atoms with Gasteiger partial charge in [0.05, 0.1) is 0 Å². The van der Waals surface area contributed by atoms with Gasteiger partial charge in [0.15, 0.2) is 5.78 Å². The molecule has 3 aromatic rings. The minimum absolute atomic E-state index is 0.0638. The molecule has 1 aliphatic heterocycles. The molecule has 1 fully saturated rings. The Labute approximate surface area is 258 Å². The number of carboxylic acids is 2. The molecule has 0 unspecified atom stereocenters. The molecule has 1 aliphatic rings. The van der Waals surface area contributed by atoms with E-state index in [4.69, 9.17) is 10.2 Å². The minimum Gasteiger partial charge on any atom is -0.478 e. The summed E-state index contributed by atoms with van der Waals surface area (Å²) >= 11 is 1.54. The maximum Gasteiger partial charge on any atom is 0.328 e. The van der Waals surface area contributed by atoms with Crippen LogP contribution in [-0.4, -0.2) is 70.8 Å². The molecule has 4 rings (SSSR count). The first-order valence-electron chi connectivity index (χ1n) is 13.8. The molecule has 10 nitrogen and oxygen atoms in total. The molecule has 44 heavy (non-hydrogen) atoms. The molecule has 1 saturated heterocycles. The van der Waals surface area contributed by atoms with Crippen LogP contribution in [0.5, 0.6) is 0 Å². The lowest BCUT2D eigenvalue weighted by Gasteiger charge is -2.33. The second-order valence-corrected chi connectivity index (χ2v) is 11.0. The second kappa shape index (κ2) is 16.2. The number of hydrogen-bond donors (Lipinski definition) is 3. The van der Waals surface area contributed by atoms with Crippen LogP contribution in [-0.2, 0) is 14.4 Å². The molecule has 2 heterocycles. The van der Waals surface area contributed by atoms with Crippen LogP contribution >= 0.6 is 11.3 Å². The van der Waals surface area contributed by atoms with Crippen LogP contribution in [0.4, 0.5) is 15.1 Å². The number of carbonyl (C=O) groups excluding carboxylic acids is 3. The summed E-state index contributed by atoms with van der Waals surface area (Å²) in [5.41, 5.74) is 2.81. The minimum atomic E-state index is -1.26. The number of ketones is 1. The standard InChI is InChI=1S/C28H30FN3O3S.C4H4O4/c1-19-13-18-36-28(19)32(27(35)23-5-9-25(10-6-23)30-20(2)33)17-16-31-14-11-22(12-15-31)26(34)21-3-7-24(29)8-4-21;5-3(6)1-2-4(7)8/h3-10,13,18,22H,11-12,14-17H2,1-2H3,(H,30,33);1-2H,(H,5,6)(H,7,8). The SMILES string of the molecule is CC(=O)Nc1ccc(C(=O)N(CCN2CCC(C(=O)c3ccc(F)cc3)CC2)c2sccc2C)cc1.O=C(O)C=CC(=O)O. The molecule has 12 heteroatoms. The fourth-order valence-corrected chi connectivity index (χ4v) is 5.60. The normalized spacial score (nSPS) is 13.5. The van der Waals surface area contributed by atoms with Crippen molar-refractivity contribution < 1.29 is 38.6 Å². The topological polar surface area (TPSA) is 144 Å². The van der Waals surface area contributed by atoms with Crippen molar-refractivity contribution in [3.8, 4) is 0 Å². The molecule has 0 saturated carbocycles. The maximum absolute atomic E-state index is 13.5. The van der Waals surface area contributed by atoms with Crippen molar-refractivity contribution in [1.82, 2.24) is 4.90 Å². The van der Waals surface area contributed by atoms with Crippen molar-refractivity contribution in [2.75, 3.05) is 36.4 Å². The zero-order valence-corrected chi connectivity index (χ0v) is 25.2. The number of thiophene rings is 1. The van der Waals surface area contributed by atoms with Gasteiger partial charge in [-0.05, 0) is 98.4 Å². The monoisotopic (exact) mass is 623 g/mol. The van der Waals surface area contributed by atoms with Gasteiger partial charge in [0.2, 0.25) is 5.91 Å². The first-order valence-corrected chi connectivity index (χ1v) is 14.7. The Kier molecular flexibility index (Phi) is 12.5. The number of nitrogens with one attached hydrogen (secondary N) is 1. The second-order valence-electron chi connectivity index (χ2n) is 10.1. The number of amides is 2. The third kappa shape index (κ3) is 10.2. The summed E-state index contributed by atoms with van der Waals surface area (Å²) in [5.74, 6) is -3.09. The molecule has 0 aliphatic carbocycles. The van der Waals surface area contributed by atoms with Gasteiger partial charge in [0.1, 0.15) is 10.8 Å². The van der Waals surface area contributed by atoms with E-state index in [1.165, 1.54) is 30.4 Å². The molecular weight excluding hydrogens is 589 g/mol. The Balaban J connectivity index is 0.000000583. The molecule has 0 radical (unpaired) electrons.